The third kappa shape index (κ3) is 6.63. The number of carbonyl (C=O) groups excluding carboxylic acids is 2. The molecule has 2 N–H and O–H groups in total. The van der Waals surface area contributed by atoms with Crippen molar-refractivity contribution in [1.82, 2.24) is 4.98 Å². The molecule has 2 aliphatic heterocycles. The first-order valence-corrected chi connectivity index (χ1v) is 14.1. The summed E-state index contributed by atoms with van der Waals surface area (Å²) < 4.78 is 12.0. The zero-order valence-corrected chi connectivity index (χ0v) is 23.6. The first kappa shape index (κ1) is 29.0. The molecule has 1 aromatic heterocycles. The molecule has 3 rings (SSSR count). The molecule has 36 heavy (non-hydrogen) atoms. The highest BCUT2D eigenvalue weighted by atomic mass is 32.1. The number of aryl methyl sites for hydroxylation is 1. The number of hydrogen-bond acceptors (Lipinski definition) is 8. The average Bonchev–Trinajstić information content (AvgIpc) is 3.23. The zero-order valence-electron chi connectivity index (χ0n) is 22.7. The van der Waals surface area contributed by atoms with Crippen molar-refractivity contribution in [3.63, 3.8) is 0 Å². The Kier molecular flexibility index (Phi) is 9.18. The molecule has 7 nitrogen and oxygen atoms in total. The summed E-state index contributed by atoms with van der Waals surface area (Å²) in [6.45, 7) is 13.0. The molecule has 3 heterocycles. The Labute approximate surface area is 219 Å². The van der Waals surface area contributed by atoms with Gasteiger partial charge in [0.25, 0.3) is 0 Å². The number of ether oxygens (including phenoxy) is 2. The van der Waals surface area contributed by atoms with Gasteiger partial charge in [0.05, 0.1) is 46.5 Å². The molecule has 0 amide bonds. The number of fused-ring (bicyclic) bond motifs is 1. The summed E-state index contributed by atoms with van der Waals surface area (Å²) >= 11 is 1.60. The van der Waals surface area contributed by atoms with Crippen molar-refractivity contribution < 1.29 is 29.3 Å². The molecule has 2 saturated heterocycles. The lowest BCUT2D eigenvalue weighted by Gasteiger charge is -2.34. The minimum absolute atomic E-state index is 0.0460. The van der Waals surface area contributed by atoms with Crippen LogP contribution in [0.5, 0.6) is 0 Å². The van der Waals surface area contributed by atoms with Crippen LogP contribution in [-0.2, 0) is 25.5 Å². The van der Waals surface area contributed by atoms with E-state index in [4.69, 9.17) is 9.47 Å². The molecule has 0 bridgehead atoms. The molecule has 0 saturated carbocycles. The standard InChI is InChI=1S/C28H43NO6S/c1-8-23-29-19(15-36-23)12-17(3)20-13-22-28(7,35-22)11-9-10-16(2)25(32)18(4)26(33)27(5,6)21(30)14-24(31)34-20/h12,15-16,18,20-22,25,30,32H,8-11,13-14H2,1-7H3/b17-12+/t16-,18+,20-,21-,22-,25?,28+/m0/s1. The number of Topliss-reactive ketones (excluding diaryl/α,β-unsaturated/α-hetero) is 1. The van der Waals surface area contributed by atoms with Crippen molar-refractivity contribution in [1.29, 1.82) is 0 Å². The summed E-state index contributed by atoms with van der Waals surface area (Å²) in [6.07, 6.45) is 2.87. The van der Waals surface area contributed by atoms with E-state index in [-0.39, 0.29) is 29.8 Å². The van der Waals surface area contributed by atoms with E-state index in [1.165, 1.54) is 0 Å². The molecule has 2 fully saturated rings. The number of carbonyl (C=O) groups is 2. The van der Waals surface area contributed by atoms with Crippen molar-refractivity contribution in [2.45, 2.75) is 117 Å². The number of nitrogens with zero attached hydrogens (tertiary/aromatic N) is 1. The van der Waals surface area contributed by atoms with Gasteiger partial charge in [-0.05, 0) is 50.7 Å². The minimum Gasteiger partial charge on any atom is -0.458 e. The van der Waals surface area contributed by atoms with E-state index >= 15 is 0 Å². The number of ketones is 1. The lowest BCUT2D eigenvalue weighted by atomic mass is 9.73. The Hall–Kier alpha value is -1.61. The Morgan fingerprint density at radius 1 is 1.25 bits per heavy atom. The monoisotopic (exact) mass is 521 g/mol. The molecule has 8 heteroatoms. The number of rotatable bonds is 3. The number of cyclic esters (lactones) is 1. The normalized spacial score (nSPS) is 36.8. The van der Waals surface area contributed by atoms with Crippen LogP contribution in [0.25, 0.3) is 6.08 Å². The lowest BCUT2D eigenvalue weighted by Crippen LogP contribution is -2.45. The van der Waals surface area contributed by atoms with Crippen LogP contribution in [0.15, 0.2) is 11.0 Å². The second-order valence-corrected chi connectivity index (χ2v) is 12.4. The molecule has 2 aliphatic rings. The molecule has 7 atom stereocenters. The topological polar surface area (TPSA) is 109 Å². The summed E-state index contributed by atoms with van der Waals surface area (Å²) in [5.74, 6) is -1.54. The van der Waals surface area contributed by atoms with Crippen LogP contribution in [0.2, 0.25) is 0 Å². The average molecular weight is 522 g/mol. The largest absolute Gasteiger partial charge is 0.458 e. The van der Waals surface area contributed by atoms with E-state index < -0.39 is 35.6 Å². The number of aliphatic hydroxyl groups excluding tert-OH is 2. The Balaban J connectivity index is 1.85. The Morgan fingerprint density at radius 2 is 1.94 bits per heavy atom. The Bertz CT molecular complexity index is 971. The maximum atomic E-state index is 13.2. The summed E-state index contributed by atoms with van der Waals surface area (Å²) in [5, 5.41) is 24.8. The summed E-state index contributed by atoms with van der Waals surface area (Å²) in [4.78, 5) is 30.8. The first-order valence-electron chi connectivity index (χ1n) is 13.2. The molecule has 0 aliphatic carbocycles. The van der Waals surface area contributed by atoms with Gasteiger partial charge >= 0.3 is 5.97 Å². The van der Waals surface area contributed by atoms with Gasteiger partial charge in [-0.15, -0.1) is 11.3 Å². The van der Waals surface area contributed by atoms with Crippen molar-refractivity contribution >= 4 is 29.2 Å². The maximum absolute atomic E-state index is 13.2. The number of esters is 1. The molecular formula is C28H43NO6S. The highest BCUT2D eigenvalue weighted by Crippen LogP contribution is 2.45. The first-order chi connectivity index (χ1) is 16.8. The third-order valence-corrected chi connectivity index (χ3v) is 9.17. The smallest absolute Gasteiger partial charge is 0.309 e. The van der Waals surface area contributed by atoms with Gasteiger partial charge in [0.15, 0.2) is 0 Å². The fourth-order valence-corrected chi connectivity index (χ4v) is 5.88. The second-order valence-electron chi connectivity index (χ2n) is 11.5. The maximum Gasteiger partial charge on any atom is 0.309 e. The SMILES string of the molecule is CCc1nc(/C=C(\C)[C@@H]2C[C@@H]3O[C@]3(C)CCC[C@H](C)C(O)[C@@H](C)C(=O)C(C)(C)[C@@H](O)CC(=O)O2)cs1. The van der Waals surface area contributed by atoms with E-state index in [0.29, 0.717) is 6.42 Å². The molecule has 0 aromatic carbocycles. The van der Waals surface area contributed by atoms with E-state index in [2.05, 4.69) is 18.8 Å². The molecule has 1 unspecified atom stereocenters. The molecule has 1 aromatic rings. The van der Waals surface area contributed by atoms with Crippen LogP contribution in [0.4, 0.5) is 0 Å². The van der Waals surface area contributed by atoms with Crippen LogP contribution >= 0.6 is 11.3 Å². The van der Waals surface area contributed by atoms with Crippen molar-refractivity contribution in [3.05, 3.63) is 21.7 Å². The van der Waals surface area contributed by atoms with Gasteiger partial charge in [0.2, 0.25) is 0 Å². The Morgan fingerprint density at radius 3 is 2.58 bits per heavy atom. The predicted octanol–water partition coefficient (Wildman–Crippen LogP) is 4.73. The lowest BCUT2D eigenvalue weighted by molar-refractivity contribution is -0.154. The number of aliphatic hydroxyl groups is 2. The minimum atomic E-state index is -1.23. The quantitative estimate of drug-likeness (QED) is 0.437. The van der Waals surface area contributed by atoms with Crippen LogP contribution < -0.4 is 0 Å². The van der Waals surface area contributed by atoms with Gasteiger partial charge in [-0.2, -0.15) is 0 Å². The van der Waals surface area contributed by atoms with Crippen molar-refractivity contribution in [2.24, 2.45) is 17.3 Å². The fourth-order valence-electron chi connectivity index (χ4n) is 5.17. The predicted molar refractivity (Wildman–Crippen MR) is 141 cm³/mol. The molecule has 0 spiro atoms. The second kappa shape index (κ2) is 11.4. The summed E-state index contributed by atoms with van der Waals surface area (Å²) in [6, 6.07) is 0. The van der Waals surface area contributed by atoms with E-state index in [9.17, 15) is 19.8 Å². The van der Waals surface area contributed by atoms with Crippen LogP contribution in [0.1, 0.15) is 91.3 Å². The van der Waals surface area contributed by atoms with E-state index in [0.717, 1.165) is 42.0 Å². The summed E-state index contributed by atoms with van der Waals surface area (Å²) in [7, 11) is 0. The number of epoxide rings is 1. The van der Waals surface area contributed by atoms with E-state index in [1.807, 2.05) is 25.3 Å². The van der Waals surface area contributed by atoms with Crippen LogP contribution in [0, 0.1) is 17.3 Å². The summed E-state index contributed by atoms with van der Waals surface area (Å²) in [5.41, 5.74) is 0.202. The fraction of sp³-hybridized carbons (Fsp3) is 0.750. The molecular weight excluding hydrogens is 478 g/mol. The zero-order chi connectivity index (χ0) is 26.8. The van der Waals surface area contributed by atoms with Crippen molar-refractivity contribution in [3.8, 4) is 0 Å². The molecule has 0 radical (unpaired) electrons. The van der Waals surface area contributed by atoms with Gasteiger partial charge in [-0.3, -0.25) is 9.59 Å². The van der Waals surface area contributed by atoms with E-state index in [1.54, 1.807) is 32.1 Å². The van der Waals surface area contributed by atoms with Crippen molar-refractivity contribution in [2.75, 3.05) is 0 Å². The third-order valence-electron chi connectivity index (χ3n) is 8.16. The number of aromatic nitrogens is 1. The number of hydrogen-bond donors (Lipinski definition) is 2. The van der Waals surface area contributed by atoms with Crippen LogP contribution in [-0.4, -0.2) is 57.0 Å². The van der Waals surface area contributed by atoms with Gasteiger partial charge in [0.1, 0.15) is 11.9 Å². The van der Waals surface area contributed by atoms with Gasteiger partial charge < -0.3 is 19.7 Å². The number of thiazole rings is 1. The van der Waals surface area contributed by atoms with Crippen LogP contribution in [0.3, 0.4) is 0 Å². The van der Waals surface area contributed by atoms with Gasteiger partial charge in [-0.25, -0.2) is 4.98 Å². The van der Waals surface area contributed by atoms with Gasteiger partial charge in [-0.1, -0.05) is 41.0 Å². The highest BCUT2D eigenvalue weighted by Gasteiger charge is 2.53. The van der Waals surface area contributed by atoms with Gasteiger partial charge in [0, 0.05) is 17.7 Å². The molecule has 202 valence electrons. The highest BCUT2D eigenvalue weighted by molar-refractivity contribution is 7.09.